The molecule has 0 aliphatic carbocycles. The van der Waals surface area contributed by atoms with Gasteiger partial charge in [0.1, 0.15) is 0 Å². The topological polar surface area (TPSA) is 83.5 Å². The highest BCUT2D eigenvalue weighted by atomic mass is 35.5. The number of carbonyl (C=O) groups excluding carboxylic acids is 2. The van der Waals surface area contributed by atoms with Gasteiger partial charge in [-0.25, -0.2) is 4.79 Å². The summed E-state index contributed by atoms with van der Waals surface area (Å²) in [5.74, 6) is -3.72. The van der Waals surface area contributed by atoms with Gasteiger partial charge in [0, 0.05) is 5.69 Å². The molecule has 1 aromatic rings. The first-order valence-electron chi connectivity index (χ1n) is 4.69. The number of rotatable bonds is 4. The zero-order valence-corrected chi connectivity index (χ0v) is 9.69. The third-order valence-electron chi connectivity index (χ3n) is 2.12. The molecule has 0 aliphatic heterocycles. The van der Waals surface area contributed by atoms with Crippen LogP contribution in [0.5, 0.6) is 0 Å². The first-order valence-corrected chi connectivity index (χ1v) is 5.06. The molecule has 1 atom stereocenters. The molecule has 2 N–H and O–H groups in total. The van der Waals surface area contributed by atoms with Gasteiger partial charge < -0.3 is 10.4 Å². The van der Waals surface area contributed by atoms with E-state index in [4.69, 9.17) is 16.7 Å². The van der Waals surface area contributed by atoms with Crippen LogP contribution >= 0.6 is 11.6 Å². The van der Waals surface area contributed by atoms with Gasteiger partial charge in [0.25, 0.3) is 10.8 Å². The second-order valence-electron chi connectivity index (χ2n) is 3.34. The number of hydrogen-bond acceptors (Lipinski definition) is 3. The average molecular weight is 256 g/mol. The van der Waals surface area contributed by atoms with E-state index < -0.39 is 22.5 Å². The molecule has 6 heteroatoms. The molecule has 17 heavy (non-hydrogen) atoms. The maximum Gasteiger partial charge on any atom is 0.342 e. The van der Waals surface area contributed by atoms with Crippen LogP contribution in [0, 0.1) is 0 Å². The number of carboxylic acids is 1. The first kappa shape index (κ1) is 13.2. The minimum absolute atomic E-state index is 0.366. The molecular formula is C11H10ClNO4. The quantitative estimate of drug-likeness (QED) is 0.627. The van der Waals surface area contributed by atoms with E-state index in [9.17, 15) is 14.4 Å². The Morgan fingerprint density at radius 2 is 1.76 bits per heavy atom. The number of benzene rings is 1. The van der Waals surface area contributed by atoms with Crippen molar-refractivity contribution in [1.29, 1.82) is 0 Å². The molecule has 0 bridgehead atoms. The predicted octanol–water partition coefficient (Wildman–Crippen LogP) is 1.28. The normalized spacial score (nSPS) is 13.5. The van der Waals surface area contributed by atoms with Gasteiger partial charge in [0.15, 0.2) is 5.78 Å². The summed E-state index contributed by atoms with van der Waals surface area (Å²) in [4.78, 5) is 31.1. The van der Waals surface area contributed by atoms with Crippen molar-refractivity contribution in [3.05, 3.63) is 30.3 Å². The Morgan fingerprint density at radius 1 is 1.24 bits per heavy atom. The van der Waals surface area contributed by atoms with Crippen molar-refractivity contribution >= 4 is 34.9 Å². The van der Waals surface area contributed by atoms with E-state index in [-0.39, 0.29) is 0 Å². The number of amides is 1. The summed E-state index contributed by atoms with van der Waals surface area (Å²) in [6.45, 7) is 0.950. The minimum atomic E-state index is -2.59. The summed E-state index contributed by atoms with van der Waals surface area (Å²) in [5.41, 5.74) is 0.366. The summed E-state index contributed by atoms with van der Waals surface area (Å²) in [5, 5.41) is 11.1. The van der Waals surface area contributed by atoms with Gasteiger partial charge in [-0.05, 0) is 19.1 Å². The number of carboxylic acid groups (broad SMARTS) is 1. The molecule has 5 nitrogen and oxygen atoms in total. The molecule has 1 unspecified atom stereocenters. The van der Waals surface area contributed by atoms with E-state index in [1.165, 1.54) is 0 Å². The van der Waals surface area contributed by atoms with Crippen LogP contribution in [0.4, 0.5) is 5.69 Å². The van der Waals surface area contributed by atoms with Crippen LogP contribution in [0.15, 0.2) is 30.3 Å². The van der Waals surface area contributed by atoms with Gasteiger partial charge in [-0.2, -0.15) is 0 Å². The standard InChI is InChI=1S/C11H10ClNO4/c1-7(14)11(12,10(16)17)9(15)13-8-5-3-2-4-6-8/h2-6H,1H3,(H,13,15)(H,16,17). The smallest absolute Gasteiger partial charge is 0.342 e. The lowest BCUT2D eigenvalue weighted by atomic mass is 10.0. The number of anilines is 1. The lowest BCUT2D eigenvalue weighted by molar-refractivity contribution is -0.147. The fourth-order valence-corrected chi connectivity index (χ4v) is 1.19. The molecule has 0 saturated carbocycles. The van der Waals surface area contributed by atoms with E-state index in [0.29, 0.717) is 5.69 Å². The van der Waals surface area contributed by atoms with Crippen LogP contribution in [0.3, 0.4) is 0 Å². The highest BCUT2D eigenvalue weighted by molar-refractivity contribution is 6.57. The Morgan fingerprint density at radius 3 is 2.18 bits per heavy atom. The Balaban J connectivity index is 2.96. The van der Waals surface area contributed by atoms with Crippen LogP contribution in [-0.4, -0.2) is 27.6 Å². The van der Waals surface area contributed by atoms with Crippen molar-refractivity contribution in [2.24, 2.45) is 0 Å². The summed E-state index contributed by atoms with van der Waals surface area (Å²) < 4.78 is 0. The molecule has 0 fully saturated rings. The number of Topliss-reactive ketones (excluding diaryl/α,β-unsaturated/α-hetero) is 1. The number of hydrogen-bond donors (Lipinski definition) is 2. The summed E-state index contributed by atoms with van der Waals surface area (Å²) in [7, 11) is 0. The van der Waals surface area contributed by atoms with Crippen LogP contribution in [-0.2, 0) is 14.4 Å². The van der Waals surface area contributed by atoms with Crippen molar-refractivity contribution < 1.29 is 19.5 Å². The van der Waals surface area contributed by atoms with E-state index in [1.54, 1.807) is 30.3 Å². The molecule has 0 radical (unpaired) electrons. The number of aliphatic carboxylic acids is 1. The van der Waals surface area contributed by atoms with Crippen LogP contribution in [0.25, 0.3) is 0 Å². The maximum absolute atomic E-state index is 11.7. The Hall–Kier alpha value is -1.88. The number of halogens is 1. The first-order chi connectivity index (χ1) is 7.89. The number of nitrogens with one attached hydrogen (secondary N) is 1. The van der Waals surface area contributed by atoms with Gasteiger partial charge in [-0.15, -0.1) is 0 Å². The minimum Gasteiger partial charge on any atom is -0.479 e. The number of alkyl halides is 1. The van der Waals surface area contributed by atoms with Crippen LogP contribution in [0.1, 0.15) is 6.92 Å². The number of ketones is 1. The molecular weight excluding hydrogens is 246 g/mol. The third kappa shape index (κ3) is 2.62. The zero-order chi connectivity index (χ0) is 13.1. The van der Waals surface area contributed by atoms with Crippen LogP contribution in [0.2, 0.25) is 0 Å². The Kier molecular flexibility index (Phi) is 3.85. The van der Waals surface area contributed by atoms with Crippen molar-refractivity contribution in [2.45, 2.75) is 11.8 Å². The van der Waals surface area contributed by atoms with Gasteiger partial charge in [-0.3, -0.25) is 9.59 Å². The highest BCUT2D eigenvalue weighted by Crippen LogP contribution is 2.20. The van der Waals surface area contributed by atoms with Crippen LogP contribution < -0.4 is 5.32 Å². The molecule has 1 rings (SSSR count). The van der Waals surface area contributed by atoms with E-state index in [2.05, 4.69) is 5.32 Å². The highest BCUT2D eigenvalue weighted by Gasteiger charge is 2.49. The van der Waals surface area contributed by atoms with E-state index in [1.807, 2.05) is 0 Å². The zero-order valence-electron chi connectivity index (χ0n) is 8.94. The lowest BCUT2D eigenvalue weighted by Gasteiger charge is -2.18. The molecule has 0 spiro atoms. The molecule has 1 amide bonds. The van der Waals surface area contributed by atoms with Crippen molar-refractivity contribution in [3.63, 3.8) is 0 Å². The fourth-order valence-electron chi connectivity index (χ4n) is 1.15. The number of carbonyl (C=O) groups is 3. The van der Waals surface area contributed by atoms with Gasteiger partial charge >= 0.3 is 5.97 Å². The lowest BCUT2D eigenvalue weighted by Crippen LogP contribution is -2.50. The van der Waals surface area contributed by atoms with E-state index in [0.717, 1.165) is 6.92 Å². The monoisotopic (exact) mass is 255 g/mol. The molecule has 0 aliphatic rings. The SMILES string of the molecule is CC(=O)C(Cl)(C(=O)O)C(=O)Nc1ccccc1. The largest absolute Gasteiger partial charge is 0.479 e. The van der Waals surface area contributed by atoms with Gasteiger partial charge in [-0.1, -0.05) is 29.8 Å². The average Bonchev–Trinajstić information content (AvgIpc) is 2.28. The fraction of sp³-hybridized carbons (Fsp3) is 0.182. The van der Waals surface area contributed by atoms with Crippen molar-refractivity contribution in [2.75, 3.05) is 5.32 Å². The molecule has 90 valence electrons. The second-order valence-corrected chi connectivity index (χ2v) is 3.91. The summed E-state index contributed by atoms with van der Waals surface area (Å²) >= 11 is 5.55. The second kappa shape index (κ2) is 4.97. The molecule has 0 aromatic heterocycles. The van der Waals surface area contributed by atoms with Crippen molar-refractivity contribution in [1.82, 2.24) is 0 Å². The predicted molar refractivity (Wildman–Crippen MR) is 62.0 cm³/mol. The van der Waals surface area contributed by atoms with Gasteiger partial charge in [0.05, 0.1) is 0 Å². The Labute approximate surface area is 102 Å². The molecule has 0 saturated heterocycles. The maximum atomic E-state index is 11.7. The number of para-hydroxylation sites is 1. The van der Waals surface area contributed by atoms with Crippen molar-refractivity contribution in [3.8, 4) is 0 Å². The Bertz CT molecular complexity index is 444. The molecule has 0 heterocycles. The van der Waals surface area contributed by atoms with E-state index >= 15 is 0 Å². The summed E-state index contributed by atoms with van der Waals surface area (Å²) in [6, 6.07) is 8.14. The third-order valence-corrected chi connectivity index (χ3v) is 2.72. The molecule has 1 aromatic carbocycles. The summed E-state index contributed by atoms with van der Waals surface area (Å²) in [6.07, 6.45) is 0. The van der Waals surface area contributed by atoms with Gasteiger partial charge in [0.2, 0.25) is 0 Å².